The zero-order valence-corrected chi connectivity index (χ0v) is 16.4. The van der Waals surface area contributed by atoms with E-state index in [0.717, 1.165) is 20.8 Å². The van der Waals surface area contributed by atoms with E-state index in [1.807, 2.05) is 48.5 Å². The number of pyridine rings is 2. The number of carbonyl (C=O) groups excluding carboxylic acids is 1. The molecule has 134 valence electrons. The first-order valence-corrected chi connectivity index (χ1v) is 10.4. The van der Waals surface area contributed by atoms with Crippen LogP contribution in [0.15, 0.2) is 72.0 Å². The number of thioether (sulfide) groups is 1. The molecule has 1 aromatic carbocycles. The average Bonchev–Trinajstić information content (AvgIpc) is 3.05. The van der Waals surface area contributed by atoms with E-state index in [-0.39, 0.29) is 5.91 Å². The lowest BCUT2D eigenvalue weighted by molar-refractivity contribution is 0.103. The maximum Gasteiger partial charge on any atom is 0.267 e. The van der Waals surface area contributed by atoms with Crippen molar-refractivity contribution in [2.45, 2.75) is 10.8 Å². The molecule has 0 radical (unpaired) electrons. The highest BCUT2D eigenvalue weighted by Crippen LogP contribution is 2.36. The molecule has 3 aromatic heterocycles. The van der Waals surface area contributed by atoms with Gasteiger partial charge >= 0.3 is 0 Å². The normalized spacial score (nSPS) is 10.9. The Labute approximate surface area is 169 Å². The molecule has 1 N–H and O–H groups in total. The predicted octanol–water partition coefficient (Wildman–Crippen LogP) is 5.89. The summed E-state index contributed by atoms with van der Waals surface area (Å²) in [4.78, 5) is 22.0. The van der Waals surface area contributed by atoms with Crippen molar-refractivity contribution in [2.24, 2.45) is 0 Å². The van der Waals surface area contributed by atoms with Gasteiger partial charge in [0.25, 0.3) is 5.91 Å². The van der Waals surface area contributed by atoms with Crippen LogP contribution in [0.1, 0.15) is 15.4 Å². The summed E-state index contributed by atoms with van der Waals surface area (Å²) in [5, 5.41) is 5.07. The number of hydrogen-bond donors (Lipinski definition) is 1. The van der Waals surface area contributed by atoms with Gasteiger partial charge in [-0.3, -0.25) is 9.78 Å². The zero-order chi connectivity index (χ0) is 18.6. The second kappa shape index (κ2) is 8.08. The number of fused-ring (bicyclic) bond motifs is 1. The van der Waals surface area contributed by atoms with E-state index < -0.39 is 0 Å². The molecule has 0 aliphatic carbocycles. The maximum atomic E-state index is 12.8. The smallest absolute Gasteiger partial charge is 0.267 e. The van der Waals surface area contributed by atoms with Gasteiger partial charge in [0.2, 0.25) is 0 Å². The first kappa shape index (κ1) is 18.0. The fourth-order valence-electron chi connectivity index (χ4n) is 2.57. The number of thiophene rings is 1. The van der Waals surface area contributed by atoms with Gasteiger partial charge in [-0.2, -0.15) is 0 Å². The monoisotopic (exact) mass is 411 g/mol. The highest BCUT2D eigenvalue weighted by atomic mass is 35.5. The number of benzene rings is 1. The lowest BCUT2D eigenvalue weighted by Gasteiger charge is -2.09. The summed E-state index contributed by atoms with van der Waals surface area (Å²) < 4.78 is 0.989. The molecule has 0 bridgehead atoms. The summed E-state index contributed by atoms with van der Waals surface area (Å²) >= 11 is 9.33. The summed E-state index contributed by atoms with van der Waals surface area (Å²) in [6, 6.07) is 17.2. The van der Waals surface area contributed by atoms with Crippen molar-refractivity contribution in [3.8, 4) is 0 Å². The minimum Gasteiger partial charge on any atom is -0.319 e. The van der Waals surface area contributed by atoms with E-state index in [9.17, 15) is 4.79 Å². The number of amides is 1. The number of carbonyl (C=O) groups is 1. The second-order valence-corrected chi connectivity index (χ2v) is 8.06. The summed E-state index contributed by atoms with van der Waals surface area (Å²) in [6.07, 6.45) is 3.48. The van der Waals surface area contributed by atoms with Gasteiger partial charge in [0, 0.05) is 28.2 Å². The molecule has 0 spiro atoms. The van der Waals surface area contributed by atoms with Gasteiger partial charge in [-0.1, -0.05) is 47.6 Å². The quantitative estimate of drug-likeness (QED) is 0.416. The molecule has 4 nitrogen and oxygen atoms in total. The van der Waals surface area contributed by atoms with E-state index in [0.29, 0.717) is 21.3 Å². The van der Waals surface area contributed by atoms with Crippen molar-refractivity contribution in [1.29, 1.82) is 0 Å². The fraction of sp³-hybridized carbons (Fsp3) is 0.0500. The molecule has 4 aromatic rings. The van der Waals surface area contributed by atoms with Gasteiger partial charge in [-0.05, 0) is 30.3 Å². The summed E-state index contributed by atoms with van der Waals surface area (Å²) in [5.74, 6) is 0.443. The van der Waals surface area contributed by atoms with Crippen LogP contribution in [0.4, 0.5) is 5.69 Å². The highest BCUT2D eigenvalue weighted by Gasteiger charge is 2.18. The van der Waals surface area contributed by atoms with Crippen molar-refractivity contribution in [1.82, 2.24) is 9.97 Å². The van der Waals surface area contributed by atoms with Crippen LogP contribution in [0, 0.1) is 0 Å². The highest BCUT2D eigenvalue weighted by molar-refractivity contribution is 7.98. The second-order valence-electron chi connectivity index (χ2n) is 5.66. The topological polar surface area (TPSA) is 54.9 Å². The fourth-order valence-corrected chi connectivity index (χ4v) is 4.84. The SMILES string of the molecule is O=C(Nc1cccnc1SCc1ccccn1)c1sc2ccccc2c1Cl. The van der Waals surface area contributed by atoms with Crippen LogP contribution >= 0.6 is 34.7 Å². The first-order chi connectivity index (χ1) is 13.2. The van der Waals surface area contributed by atoms with Gasteiger partial charge in [0.1, 0.15) is 9.90 Å². The van der Waals surface area contributed by atoms with Crippen molar-refractivity contribution < 1.29 is 4.79 Å². The van der Waals surface area contributed by atoms with Gasteiger partial charge in [-0.25, -0.2) is 4.98 Å². The Balaban J connectivity index is 1.55. The molecule has 0 saturated carbocycles. The number of nitrogens with one attached hydrogen (secondary N) is 1. The number of halogens is 1. The lowest BCUT2D eigenvalue weighted by atomic mass is 10.2. The van der Waals surface area contributed by atoms with E-state index in [2.05, 4.69) is 15.3 Å². The predicted molar refractivity (Wildman–Crippen MR) is 113 cm³/mol. The minimum atomic E-state index is -0.228. The standard InChI is InChI=1S/C20H14ClN3OS2/c21-17-14-7-1-2-9-16(14)27-18(17)19(25)24-15-8-5-11-23-20(15)26-12-13-6-3-4-10-22-13/h1-11H,12H2,(H,24,25). The van der Waals surface area contributed by atoms with Crippen LogP contribution in [0.3, 0.4) is 0 Å². The average molecular weight is 412 g/mol. The summed E-state index contributed by atoms with van der Waals surface area (Å²) in [5.41, 5.74) is 1.62. The van der Waals surface area contributed by atoms with E-state index >= 15 is 0 Å². The van der Waals surface area contributed by atoms with Crippen LogP contribution in [0.5, 0.6) is 0 Å². The minimum absolute atomic E-state index is 0.228. The zero-order valence-electron chi connectivity index (χ0n) is 14.1. The molecule has 4 rings (SSSR count). The number of hydrogen-bond acceptors (Lipinski definition) is 5. The molecule has 0 unspecified atom stereocenters. The molecule has 0 fully saturated rings. The molecular weight excluding hydrogens is 398 g/mol. The number of anilines is 1. The van der Waals surface area contributed by atoms with Gasteiger partial charge in [-0.15, -0.1) is 11.3 Å². The van der Waals surface area contributed by atoms with Crippen molar-refractivity contribution in [2.75, 3.05) is 5.32 Å². The molecule has 0 saturated heterocycles. The Morgan fingerprint density at radius 3 is 2.67 bits per heavy atom. The number of aromatic nitrogens is 2. The molecule has 0 aliphatic heterocycles. The molecule has 7 heteroatoms. The molecule has 0 atom stereocenters. The lowest BCUT2D eigenvalue weighted by Crippen LogP contribution is -2.11. The largest absolute Gasteiger partial charge is 0.319 e. The van der Waals surface area contributed by atoms with Gasteiger partial charge in [0.15, 0.2) is 0 Å². The molecule has 3 heterocycles. The molecular formula is C20H14ClN3OS2. The van der Waals surface area contributed by atoms with Crippen LogP contribution in [0.2, 0.25) is 5.02 Å². The Kier molecular flexibility index (Phi) is 5.38. The van der Waals surface area contributed by atoms with E-state index in [4.69, 9.17) is 11.6 Å². The third kappa shape index (κ3) is 3.98. The maximum absolute atomic E-state index is 12.8. The summed E-state index contributed by atoms with van der Waals surface area (Å²) in [6.45, 7) is 0. The van der Waals surface area contributed by atoms with Crippen LogP contribution in [0.25, 0.3) is 10.1 Å². The molecule has 1 amide bonds. The third-order valence-electron chi connectivity index (χ3n) is 3.84. The van der Waals surface area contributed by atoms with Crippen molar-refractivity contribution in [3.63, 3.8) is 0 Å². The van der Waals surface area contributed by atoms with Crippen LogP contribution < -0.4 is 5.32 Å². The van der Waals surface area contributed by atoms with Crippen molar-refractivity contribution >= 4 is 56.4 Å². The van der Waals surface area contributed by atoms with Crippen LogP contribution in [-0.4, -0.2) is 15.9 Å². The Bertz CT molecular complexity index is 1100. The number of rotatable bonds is 5. The first-order valence-electron chi connectivity index (χ1n) is 8.18. The van der Waals surface area contributed by atoms with Crippen LogP contribution in [-0.2, 0) is 5.75 Å². The Morgan fingerprint density at radius 1 is 1.04 bits per heavy atom. The third-order valence-corrected chi connectivity index (χ3v) is 6.56. The Morgan fingerprint density at radius 2 is 1.85 bits per heavy atom. The van der Waals surface area contributed by atoms with Gasteiger partial charge in [0.05, 0.1) is 16.4 Å². The Hall–Kier alpha value is -2.41. The molecule has 27 heavy (non-hydrogen) atoms. The summed E-state index contributed by atoms with van der Waals surface area (Å²) in [7, 11) is 0. The van der Waals surface area contributed by atoms with Crippen molar-refractivity contribution in [3.05, 3.63) is 82.6 Å². The van der Waals surface area contributed by atoms with Gasteiger partial charge < -0.3 is 5.32 Å². The number of nitrogens with zero attached hydrogens (tertiary/aromatic N) is 2. The van der Waals surface area contributed by atoms with E-state index in [1.54, 1.807) is 18.5 Å². The van der Waals surface area contributed by atoms with E-state index in [1.165, 1.54) is 23.1 Å². The molecule has 0 aliphatic rings.